The van der Waals surface area contributed by atoms with Gasteiger partial charge in [0.1, 0.15) is 0 Å². The summed E-state index contributed by atoms with van der Waals surface area (Å²) < 4.78 is 16.9. The van der Waals surface area contributed by atoms with Crippen molar-refractivity contribution in [2.45, 2.75) is 25.8 Å². The van der Waals surface area contributed by atoms with Gasteiger partial charge in [-0.3, -0.25) is 9.89 Å². The van der Waals surface area contributed by atoms with Gasteiger partial charge < -0.3 is 10.6 Å². The summed E-state index contributed by atoms with van der Waals surface area (Å²) in [6, 6.07) is 5.53. The molecule has 3 aromatic heterocycles. The molecule has 1 saturated carbocycles. The predicted molar refractivity (Wildman–Crippen MR) is 111 cm³/mol. The highest BCUT2D eigenvalue weighted by Gasteiger charge is 2.30. The molecule has 0 spiro atoms. The molecule has 1 unspecified atom stereocenters. The van der Waals surface area contributed by atoms with Crippen LogP contribution in [0.5, 0.6) is 0 Å². The molecule has 29 heavy (non-hydrogen) atoms. The Hall–Kier alpha value is -3.13. The van der Waals surface area contributed by atoms with E-state index in [1.54, 1.807) is 29.0 Å². The minimum absolute atomic E-state index is 0.0412. The number of nitrogens with zero attached hydrogens (tertiary/aromatic N) is 3. The minimum atomic E-state index is -0.498. The van der Waals surface area contributed by atoms with Crippen molar-refractivity contribution in [2.24, 2.45) is 5.92 Å². The Morgan fingerprint density at radius 1 is 1.41 bits per heavy atom. The molecule has 3 N–H and O–H groups in total. The zero-order valence-electron chi connectivity index (χ0n) is 15.5. The van der Waals surface area contributed by atoms with E-state index in [2.05, 4.69) is 32.9 Å². The van der Waals surface area contributed by atoms with E-state index in [4.69, 9.17) is 11.6 Å². The first-order chi connectivity index (χ1) is 14.1. The van der Waals surface area contributed by atoms with E-state index in [9.17, 15) is 4.79 Å². The molecule has 1 fully saturated rings. The molecule has 0 saturated heterocycles. The highest BCUT2D eigenvalue weighted by atomic mass is 35.5. The molecule has 5 rings (SSSR count). The second kappa shape index (κ2) is 6.73. The first kappa shape index (κ1) is 17.9. The molecule has 1 aliphatic rings. The fourth-order valence-electron chi connectivity index (χ4n) is 3.75. The van der Waals surface area contributed by atoms with Crippen LogP contribution in [0.3, 0.4) is 0 Å². The van der Waals surface area contributed by atoms with Crippen molar-refractivity contribution >= 4 is 45.9 Å². The number of rotatable bonds is 6. The number of nitrogens with one attached hydrogen (secondary N) is 3. The van der Waals surface area contributed by atoms with Crippen molar-refractivity contribution in [3.63, 3.8) is 0 Å². The van der Waals surface area contributed by atoms with Crippen LogP contribution in [0.2, 0.25) is 5.02 Å². The maximum absolute atomic E-state index is 15.3. The van der Waals surface area contributed by atoms with Gasteiger partial charge in [0.15, 0.2) is 11.6 Å². The standard InChI is InChI=1S/C20H18ClFN6O/c1-10(11-2-3-11)25-20-18(22)17(21)16(14-8-24-26-19(14)20)12-4-5-28-13(6-12)7-15(27-28)23-9-29/h4-11,25H,2-3H2,1H3,(H,24,26)(H,23,27,29). The molecule has 0 radical (unpaired) electrons. The molecule has 4 aromatic rings. The number of benzene rings is 1. The van der Waals surface area contributed by atoms with Crippen molar-refractivity contribution in [2.75, 3.05) is 10.6 Å². The fraction of sp³-hybridized carbons (Fsp3) is 0.250. The number of halogens is 2. The zero-order valence-corrected chi connectivity index (χ0v) is 16.3. The summed E-state index contributed by atoms with van der Waals surface area (Å²) in [6.45, 7) is 2.06. The Kier molecular flexibility index (Phi) is 4.16. The number of aromatic nitrogens is 4. The van der Waals surface area contributed by atoms with Gasteiger partial charge in [0, 0.05) is 29.3 Å². The van der Waals surface area contributed by atoms with Gasteiger partial charge in [0.2, 0.25) is 6.41 Å². The number of carbonyl (C=O) groups is 1. The van der Waals surface area contributed by atoms with Crippen LogP contribution in [0.15, 0.2) is 30.6 Å². The molecule has 7 nitrogen and oxygen atoms in total. The van der Waals surface area contributed by atoms with Crippen molar-refractivity contribution in [3.05, 3.63) is 41.4 Å². The molecule has 9 heteroatoms. The highest BCUT2D eigenvalue weighted by molar-refractivity contribution is 6.36. The SMILES string of the molecule is CC(Nc1c(F)c(Cl)c(-c2ccn3nc(NC=O)cc3c2)c2cn[nH]c12)C1CC1. The van der Waals surface area contributed by atoms with Gasteiger partial charge in [-0.1, -0.05) is 11.6 Å². The van der Waals surface area contributed by atoms with Gasteiger partial charge in [-0.05, 0) is 43.4 Å². The lowest BCUT2D eigenvalue weighted by Gasteiger charge is -2.18. The Morgan fingerprint density at radius 2 is 2.24 bits per heavy atom. The molecule has 1 aromatic carbocycles. The molecule has 1 aliphatic carbocycles. The molecule has 0 bridgehead atoms. The monoisotopic (exact) mass is 412 g/mol. The normalized spacial score (nSPS) is 15.0. The van der Waals surface area contributed by atoms with E-state index in [1.807, 2.05) is 6.07 Å². The van der Waals surface area contributed by atoms with Crippen molar-refractivity contribution in [3.8, 4) is 11.1 Å². The topological polar surface area (TPSA) is 87.1 Å². The number of carbonyl (C=O) groups excluding carboxylic acids is 1. The van der Waals surface area contributed by atoms with Crippen LogP contribution in [0, 0.1) is 11.7 Å². The van der Waals surface area contributed by atoms with Gasteiger partial charge in [-0.2, -0.15) is 10.2 Å². The number of anilines is 2. The molecule has 1 atom stereocenters. The van der Waals surface area contributed by atoms with Gasteiger partial charge in [0.25, 0.3) is 0 Å². The van der Waals surface area contributed by atoms with Gasteiger partial charge in [-0.25, -0.2) is 8.91 Å². The summed E-state index contributed by atoms with van der Waals surface area (Å²) in [5.74, 6) is 0.489. The number of hydrogen-bond acceptors (Lipinski definition) is 4. The zero-order chi connectivity index (χ0) is 20.1. The van der Waals surface area contributed by atoms with Crippen molar-refractivity contribution in [1.82, 2.24) is 19.8 Å². The number of fused-ring (bicyclic) bond motifs is 2. The largest absolute Gasteiger partial charge is 0.378 e. The van der Waals surface area contributed by atoms with E-state index < -0.39 is 5.82 Å². The number of hydrogen-bond donors (Lipinski definition) is 3. The third-order valence-electron chi connectivity index (χ3n) is 5.45. The molecule has 0 aliphatic heterocycles. The first-order valence-corrected chi connectivity index (χ1v) is 9.75. The lowest BCUT2D eigenvalue weighted by atomic mass is 10.0. The number of H-pyrrole nitrogens is 1. The lowest BCUT2D eigenvalue weighted by Crippen LogP contribution is -2.18. The second-order valence-electron chi connectivity index (χ2n) is 7.38. The summed E-state index contributed by atoms with van der Waals surface area (Å²) in [4.78, 5) is 10.7. The molecule has 3 heterocycles. The van der Waals surface area contributed by atoms with E-state index in [-0.39, 0.29) is 11.1 Å². The van der Waals surface area contributed by atoms with Gasteiger partial charge in [-0.15, -0.1) is 0 Å². The number of aromatic amines is 1. The Labute approximate surface area is 170 Å². The maximum Gasteiger partial charge on any atom is 0.212 e. The Balaban J connectivity index is 1.65. The van der Waals surface area contributed by atoms with Crippen LogP contribution in [0.4, 0.5) is 15.9 Å². The van der Waals surface area contributed by atoms with Crippen LogP contribution in [0.1, 0.15) is 19.8 Å². The number of pyridine rings is 1. The Morgan fingerprint density at radius 3 is 3.00 bits per heavy atom. The molecular weight excluding hydrogens is 395 g/mol. The van der Waals surface area contributed by atoms with Crippen molar-refractivity contribution in [1.29, 1.82) is 0 Å². The highest BCUT2D eigenvalue weighted by Crippen LogP contribution is 2.43. The van der Waals surface area contributed by atoms with Crippen LogP contribution >= 0.6 is 11.6 Å². The summed E-state index contributed by atoms with van der Waals surface area (Å²) in [5.41, 5.74) is 2.97. The summed E-state index contributed by atoms with van der Waals surface area (Å²) in [7, 11) is 0. The summed E-state index contributed by atoms with van der Waals surface area (Å²) >= 11 is 6.52. The molecule has 148 valence electrons. The van der Waals surface area contributed by atoms with E-state index in [1.165, 1.54) is 0 Å². The molecule has 1 amide bonds. The van der Waals surface area contributed by atoms with E-state index in [0.717, 1.165) is 29.3 Å². The average Bonchev–Trinajstić information content (AvgIpc) is 3.32. The van der Waals surface area contributed by atoms with E-state index >= 15 is 4.39 Å². The van der Waals surface area contributed by atoms with Crippen LogP contribution in [0.25, 0.3) is 27.5 Å². The quantitative estimate of drug-likeness (QED) is 0.408. The first-order valence-electron chi connectivity index (χ1n) is 9.37. The predicted octanol–water partition coefficient (Wildman–Crippen LogP) is 4.45. The number of amides is 1. The summed E-state index contributed by atoms with van der Waals surface area (Å²) in [6.07, 6.45) is 6.27. The van der Waals surface area contributed by atoms with Gasteiger partial charge in [0.05, 0.1) is 27.9 Å². The third-order valence-corrected chi connectivity index (χ3v) is 5.81. The van der Waals surface area contributed by atoms with Crippen LogP contribution < -0.4 is 10.6 Å². The second-order valence-corrected chi connectivity index (χ2v) is 7.76. The minimum Gasteiger partial charge on any atom is -0.378 e. The summed E-state index contributed by atoms with van der Waals surface area (Å²) in [5, 5.41) is 17.9. The average molecular weight is 413 g/mol. The maximum atomic E-state index is 15.3. The van der Waals surface area contributed by atoms with E-state index in [0.29, 0.717) is 34.9 Å². The lowest BCUT2D eigenvalue weighted by molar-refractivity contribution is -0.105. The smallest absolute Gasteiger partial charge is 0.212 e. The van der Waals surface area contributed by atoms with Crippen LogP contribution in [-0.4, -0.2) is 32.3 Å². The Bertz CT molecular complexity index is 1240. The molecular formula is C20H18ClFN6O. The fourth-order valence-corrected chi connectivity index (χ4v) is 4.06. The van der Waals surface area contributed by atoms with Gasteiger partial charge >= 0.3 is 0 Å². The van der Waals surface area contributed by atoms with Crippen LogP contribution in [-0.2, 0) is 4.79 Å². The third kappa shape index (κ3) is 3.00. The van der Waals surface area contributed by atoms with Crippen molar-refractivity contribution < 1.29 is 9.18 Å².